The van der Waals surface area contributed by atoms with Crippen molar-refractivity contribution in [3.05, 3.63) is 46.7 Å². The van der Waals surface area contributed by atoms with Gasteiger partial charge < -0.3 is 23.2 Å². The summed E-state index contributed by atoms with van der Waals surface area (Å²) < 4.78 is 22.6. The van der Waals surface area contributed by atoms with Gasteiger partial charge in [0.1, 0.15) is 0 Å². The van der Waals surface area contributed by atoms with Crippen LogP contribution in [0.25, 0.3) is 11.5 Å². The molecule has 1 aromatic carbocycles. The van der Waals surface area contributed by atoms with Crippen molar-refractivity contribution in [1.29, 1.82) is 0 Å². The van der Waals surface area contributed by atoms with E-state index in [1.54, 1.807) is 17.0 Å². The number of nitrogens with zero attached hydrogens (tertiary/aromatic N) is 3. The van der Waals surface area contributed by atoms with E-state index in [0.717, 1.165) is 18.4 Å². The zero-order valence-corrected chi connectivity index (χ0v) is 16.3. The van der Waals surface area contributed by atoms with Crippen LogP contribution in [0.1, 0.15) is 35.2 Å². The van der Waals surface area contributed by atoms with Gasteiger partial charge in [0.15, 0.2) is 21.9 Å². The summed E-state index contributed by atoms with van der Waals surface area (Å²) in [5, 5.41) is 8.40. The largest absolute Gasteiger partial charge is 0.454 e. The highest BCUT2D eigenvalue weighted by molar-refractivity contribution is 9.10. The quantitative estimate of drug-likeness (QED) is 0.604. The number of carbonyl (C=O) groups excluding carboxylic acids is 1. The van der Waals surface area contributed by atoms with Crippen LogP contribution >= 0.6 is 15.9 Å². The molecule has 8 nitrogen and oxygen atoms in total. The highest BCUT2D eigenvalue weighted by atomic mass is 79.9. The maximum Gasteiger partial charge on any atom is 0.289 e. The number of likely N-dealkylation sites (tertiary alicyclic amines) is 1. The Labute approximate surface area is 168 Å². The lowest BCUT2D eigenvalue weighted by atomic mass is 9.98. The Morgan fingerprint density at radius 1 is 1.11 bits per heavy atom. The molecule has 144 valence electrons. The maximum absolute atomic E-state index is 12.6. The lowest BCUT2D eigenvalue weighted by molar-refractivity contribution is 0.0665. The van der Waals surface area contributed by atoms with Crippen LogP contribution in [0.5, 0.6) is 11.5 Å². The molecule has 2 aromatic heterocycles. The van der Waals surface area contributed by atoms with Crippen LogP contribution in [0.2, 0.25) is 0 Å². The van der Waals surface area contributed by atoms with Gasteiger partial charge in [0, 0.05) is 18.7 Å². The highest BCUT2D eigenvalue weighted by Crippen LogP contribution is 2.36. The van der Waals surface area contributed by atoms with Gasteiger partial charge >= 0.3 is 0 Å². The number of rotatable bonds is 3. The molecule has 9 heteroatoms. The van der Waals surface area contributed by atoms with E-state index >= 15 is 0 Å². The first-order chi connectivity index (χ1) is 13.7. The number of hydrogen-bond donors (Lipinski definition) is 0. The molecule has 1 fully saturated rings. The Hall–Kier alpha value is -2.81. The lowest BCUT2D eigenvalue weighted by Gasteiger charge is -2.30. The van der Waals surface area contributed by atoms with Gasteiger partial charge in [0.05, 0.1) is 5.92 Å². The number of furan rings is 1. The number of carbonyl (C=O) groups is 1. The van der Waals surface area contributed by atoms with E-state index in [-0.39, 0.29) is 18.6 Å². The Morgan fingerprint density at radius 3 is 2.86 bits per heavy atom. The van der Waals surface area contributed by atoms with Crippen molar-refractivity contribution < 1.29 is 23.1 Å². The van der Waals surface area contributed by atoms with Gasteiger partial charge in [-0.3, -0.25) is 4.79 Å². The Balaban J connectivity index is 1.33. The van der Waals surface area contributed by atoms with Gasteiger partial charge in [-0.1, -0.05) is 0 Å². The summed E-state index contributed by atoms with van der Waals surface area (Å²) in [5.74, 6) is 2.50. The molecule has 0 bridgehead atoms. The standard InChI is InChI=1S/C19H16BrN3O5/c20-16-6-5-14(27-16)19(24)23-7-1-2-12(9-23)18-22-21-17(28-18)11-3-4-13-15(8-11)26-10-25-13/h3-6,8,12H,1-2,7,9-10H2. The summed E-state index contributed by atoms with van der Waals surface area (Å²) in [6.45, 7) is 1.41. The van der Waals surface area contributed by atoms with Crippen molar-refractivity contribution in [3.8, 4) is 23.0 Å². The van der Waals surface area contributed by atoms with Crippen molar-refractivity contribution in [2.24, 2.45) is 0 Å². The molecule has 1 amide bonds. The van der Waals surface area contributed by atoms with Crippen molar-refractivity contribution in [1.82, 2.24) is 15.1 Å². The topological polar surface area (TPSA) is 90.8 Å². The maximum atomic E-state index is 12.6. The average molecular weight is 446 g/mol. The van der Waals surface area contributed by atoms with E-state index in [4.69, 9.17) is 18.3 Å². The fourth-order valence-electron chi connectivity index (χ4n) is 3.49. The minimum absolute atomic E-state index is 0.00800. The molecule has 0 spiro atoms. The number of hydrogen-bond acceptors (Lipinski definition) is 7. The predicted octanol–water partition coefficient (Wildman–Crippen LogP) is 3.84. The van der Waals surface area contributed by atoms with Gasteiger partial charge in [-0.25, -0.2) is 0 Å². The van der Waals surface area contributed by atoms with Crippen LogP contribution in [0, 0.1) is 0 Å². The van der Waals surface area contributed by atoms with Crippen LogP contribution < -0.4 is 9.47 Å². The van der Waals surface area contributed by atoms with Crippen molar-refractivity contribution in [3.63, 3.8) is 0 Å². The van der Waals surface area contributed by atoms with Gasteiger partial charge in [0.2, 0.25) is 18.6 Å². The number of benzene rings is 1. The zero-order chi connectivity index (χ0) is 19.1. The van der Waals surface area contributed by atoms with Gasteiger partial charge in [-0.05, 0) is 59.1 Å². The van der Waals surface area contributed by atoms with E-state index in [0.29, 0.717) is 46.8 Å². The molecule has 4 heterocycles. The first-order valence-corrected chi connectivity index (χ1v) is 9.75. The molecular weight excluding hydrogens is 430 g/mol. The SMILES string of the molecule is O=C(c1ccc(Br)o1)N1CCCC(c2nnc(-c3ccc4c(c3)OCO4)o2)C1. The van der Waals surface area contributed by atoms with Crippen LogP contribution in [0.15, 0.2) is 43.8 Å². The molecule has 0 N–H and O–H groups in total. The summed E-state index contributed by atoms with van der Waals surface area (Å²) in [6, 6.07) is 8.89. The second-order valence-electron chi connectivity index (χ2n) is 6.71. The third-order valence-electron chi connectivity index (χ3n) is 4.90. The summed E-state index contributed by atoms with van der Waals surface area (Å²) in [6.07, 6.45) is 1.74. The Kier molecular flexibility index (Phi) is 4.31. The Bertz CT molecular complexity index is 1030. The van der Waals surface area contributed by atoms with Crippen molar-refractivity contribution >= 4 is 21.8 Å². The number of amides is 1. The van der Waals surface area contributed by atoms with E-state index in [2.05, 4.69) is 26.1 Å². The Morgan fingerprint density at radius 2 is 2.00 bits per heavy atom. The molecule has 0 radical (unpaired) electrons. The van der Waals surface area contributed by atoms with Crippen molar-refractivity contribution in [2.45, 2.75) is 18.8 Å². The molecular formula is C19H16BrN3O5. The molecule has 5 rings (SSSR count). The summed E-state index contributed by atoms with van der Waals surface area (Å²) in [5.41, 5.74) is 0.771. The number of fused-ring (bicyclic) bond motifs is 1. The molecule has 0 saturated carbocycles. The van der Waals surface area contributed by atoms with E-state index in [9.17, 15) is 4.79 Å². The fraction of sp³-hybridized carbons (Fsp3) is 0.316. The summed E-state index contributed by atoms with van der Waals surface area (Å²) in [7, 11) is 0. The normalized spacial score (nSPS) is 18.5. The van der Waals surface area contributed by atoms with E-state index in [1.165, 1.54) is 0 Å². The molecule has 1 saturated heterocycles. The summed E-state index contributed by atoms with van der Waals surface area (Å²) in [4.78, 5) is 14.4. The lowest BCUT2D eigenvalue weighted by Crippen LogP contribution is -2.39. The predicted molar refractivity (Wildman–Crippen MR) is 100 cm³/mol. The van der Waals surface area contributed by atoms with E-state index < -0.39 is 0 Å². The number of ether oxygens (including phenoxy) is 2. The molecule has 3 aromatic rings. The average Bonchev–Trinajstić information content (AvgIpc) is 3.47. The minimum atomic E-state index is -0.133. The second-order valence-corrected chi connectivity index (χ2v) is 7.49. The van der Waals surface area contributed by atoms with Crippen LogP contribution in [-0.2, 0) is 0 Å². The van der Waals surface area contributed by atoms with Gasteiger partial charge in [-0.2, -0.15) is 0 Å². The van der Waals surface area contributed by atoms with Crippen LogP contribution in [-0.4, -0.2) is 40.9 Å². The minimum Gasteiger partial charge on any atom is -0.454 e. The second kappa shape index (κ2) is 6.97. The molecule has 1 unspecified atom stereocenters. The molecule has 2 aliphatic heterocycles. The number of piperidine rings is 1. The highest BCUT2D eigenvalue weighted by Gasteiger charge is 2.30. The fourth-order valence-corrected chi connectivity index (χ4v) is 3.80. The zero-order valence-electron chi connectivity index (χ0n) is 14.8. The summed E-state index contributed by atoms with van der Waals surface area (Å²) >= 11 is 3.23. The third-order valence-corrected chi connectivity index (χ3v) is 5.33. The first-order valence-electron chi connectivity index (χ1n) is 8.95. The van der Waals surface area contributed by atoms with E-state index in [1.807, 2.05) is 18.2 Å². The molecule has 2 aliphatic rings. The van der Waals surface area contributed by atoms with Gasteiger partial charge in [-0.15, -0.1) is 10.2 Å². The third kappa shape index (κ3) is 3.15. The van der Waals surface area contributed by atoms with Crippen LogP contribution in [0.3, 0.4) is 0 Å². The number of aromatic nitrogens is 2. The molecule has 28 heavy (non-hydrogen) atoms. The monoisotopic (exact) mass is 445 g/mol. The molecule has 0 aliphatic carbocycles. The van der Waals surface area contributed by atoms with Crippen LogP contribution in [0.4, 0.5) is 0 Å². The number of halogens is 1. The molecule has 1 atom stereocenters. The van der Waals surface area contributed by atoms with Gasteiger partial charge in [0.25, 0.3) is 5.91 Å². The smallest absolute Gasteiger partial charge is 0.289 e. The van der Waals surface area contributed by atoms with Crippen molar-refractivity contribution in [2.75, 3.05) is 19.9 Å². The first kappa shape index (κ1) is 17.3.